The summed E-state index contributed by atoms with van der Waals surface area (Å²) in [7, 11) is 0. The van der Waals surface area contributed by atoms with Crippen molar-refractivity contribution in [2.75, 3.05) is 26.3 Å². The van der Waals surface area contributed by atoms with Gasteiger partial charge in [-0.3, -0.25) is 0 Å². The Morgan fingerprint density at radius 3 is 2.67 bits per heavy atom. The lowest BCUT2D eigenvalue weighted by Crippen LogP contribution is -2.31. The van der Waals surface area contributed by atoms with Gasteiger partial charge in [-0.2, -0.15) is 13.2 Å². The van der Waals surface area contributed by atoms with Gasteiger partial charge >= 0.3 is 6.18 Å². The first-order valence-corrected chi connectivity index (χ1v) is 6.73. The topological polar surface area (TPSA) is 30.5 Å². The third-order valence-electron chi connectivity index (χ3n) is 2.57. The predicted octanol–water partition coefficient (Wildman–Crippen LogP) is 3.34. The molecule has 1 aromatic carbocycles. The highest BCUT2D eigenvalue weighted by Gasteiger charge is 2.25. The quantitative estimate of drug-likeness (QED) is 0.560. The standard InChI is InChI=1S/C15H20F3NO2/c1-3-5-12-10-13(20-4-2)6-7-14(12)21-9-8-19-11-15(16,17)18/h3,6-7,10,19H,1,4-5,8-9,11H2,2H3. The molecule has 1 rings (SSSR count). The number of alkyl halides is 3. The molecule has 0 saturated carbocycles. The van der Waals surface area contributed by atoms with Crippen molar-refractivity contribution < 1.29 is 22.6 Å². The van der Waals surface area contributed by atoms with Gasteiger partial charge in [-0.25, -0.2) is 0 Å². The van der Waals surface area contributed by atoms with Gasteiger partial charge < -0.3 is 14.8 Å². The summed E-state index contributed by atoms with van der Waals surface area (Å²) in [6.07, 6.45) is -1.86. The van der Waals surface area contributed by atoms with E-state index < -0.39 is 12.7 Å². The maximum absolute atomic E-state index is 12.0. The van der Waals surface area contributed by atoms with Crippen molar-refractivity contribution in [2.24, 2.45) is 0 Å². The molecule has 0 atom stereocenters. The van der Waals surface area contributed by atoms with Crippen LogP contribution < -0.4 is 14.8 Å². The summed E-state index contributed by atoms with van der Waals surface area (Å²) in [4.78, 5) is 0. The minimum absolute atomic E-state index is 0.125. The van der Waals surface area contributed by atoms with Crippen LogP contribution in [0.1, 0.15) is 12.5 Å². The molecule has 0 unspecified atom stereocenters. The van der Waals surface area contributed by atoms with Crippen LogP contribution in [0, 0.1) is 0 Å². The van der Waals surface area contributed by atoms with Crippen LogP contribution in [0.2, 0.25) is 0 Å². The fourth-order valence-electron chi connectivity index (χ4n) is 1.73. The van der Waals surface area contributed by atoms with Crippen LogP contribution in [0.25, 0.3) is 0 Å². The lowest BCUT2D eigenvalue weighted by molar-refractivity contribution is -0.124. The summed E-state index contributed by atoms with van der Waals surface area (Å²) >= 11 is 0. The van der Waals surface area contributed by atoms with Gasteiger partial charge in [0, 0.05) is 12.1 Å². The number of hydrogen-bond donors (Lipinski definition) is 1. The summed E-state index contributed by atoms with van der Waals surface area (Å²) < 4.78 is 46.8. The maximum Gasteiger partial charge on any atom is 0.401 e. The van der Waals surface area contributed by atoms with Crippen molar-refractivity contribution in [3.8, 4) is 11.5 Å². The molecule has 0 amide bonds. The van der Waals surface area contributed by atoms with Gasteiger partial charge in [0.25, 0.3) is 0 Å². The number of ether oxygens (including phenoxy) is 2. The van der Waals surface area contributed by atoms with E-state index in [1.54, 1.807) is 18.2 Å². The van der Waals surface area contributed by atoms with E-state index in [-0.39, 0.29) is 13.2 Å². The summed E-state index contributed by atoms with van der Waals surface area (Å²) in [5.74, 6) is 1.36. The van der Waals surface area contributed by atoms with Gasteiger partial charge in [0.1, 0.15) is 18.1 Å². The van der Waals surface area contributed by atoms with Gasteiger partial charge in [0.05, 0.1) is 13.2 Å². The molecule has 0 aliphatic heterocycles. The highest BCUT2D eigenvalue weighted by Crippen LogP contribution is 2.25. The van der Waals surface area contributed by atoms with E-state index in [4.69, 9.17) is 9.47 Å². The normalized spacial score (nSPS) is 11.2. The molecule has 0 radical (unpaired) electrons. The van der Waals surface area contributed by atoms with Crippen LogP contribution in [0.15, 0.2) is 30.9 Å². The minimum Gasteiger partial charge on any atom is -0.494 e. The Balaban J connectivity index is 2.51. The Morgan fingerprint density at radius 1 is 1.29 bits per heavy atom. The molecule has 0 aromatic heterocycles. The van der Waals surface area contributed by atoms with Gasteiger partial charge in [-0.05, 0) is 31.5 Å². The molecule has 1 N–H and O–H groups in total. The number of nitrogens with one attached hydrogen (secondary N) is 1. The molecule has 118 valence electrons. The van der Waals surface area contributed by atoms with E-state index in [0.717, 1.165) is 11.3 Å². The molecule has 3 nitrogen and oxygen atoms in total. The van der Waals surface area contributed by atoms with Crippen LogP contribution in [-0.4, -0.2) is 32.5 Å². The fourth-order valence-corrected chi connectivity index (χ4v) is 1.73. The van der Waals surface area contributed by atoms with Crippen molar-refractivity contribution in [3.63, 3.8) is 0 Å². The molecule has 0 spiro atoms. The first-order chi connectivity index (χ1) is 9.96. The molecule has 0 fully saturated rings. The van der Waals surface area contributed by atoms with Crippen molar-refractivity contribution in [3.05, 3.63) is 36.4 Å². The largest absolute Gasteiger partial charge is 0.494 e. The second-order valence-electron chi connectivity index (χ2n) is 4.34. The molecule has 21 heavy (non-hydrogen) atoms. The van der Waals surface area contributed by atoms with Gasteiger partial charge in [0.2, 0.25) is 0 Å². The molecule has 0 heterocycles. The van der Waals surface area contributed by atoms with Crippen LogP contribution >= 0.6 is 0 Å². The molecule has 0 aliphatic rings. The van der Waals surface area contributed by atoms with E-state index >= 15 is 0 Å². The van der Waals surface area contributed by atoms with Gasteiger partial charge in [0.15, 0.2) is 0 Å². The first kappa shape index (κ1) is 17.4. The van der Waals surface area contributed by atoms with Crippen LogP contribution in [0.4, 0.5) is 13.2 Å². The van der Waals surface area contributed by atoms with E-state index in [1.807, 2.05) is 13.0 Å². The highest BCUT2D eigenvalue weighted by molar-refractivity contribution is 5.41. The second-order valence-corrected chi connectivity index (χ2v) is 4.34. The highest BCUT2D eigenvalue weighted by atomic mass is 19.4. The summed E-state index contributed by atoms with van der Waals surface area (Å²) in [6, 6.07) is 5.38. The molecular formula is C15H20F3NO2. The third kappa shape index (κ3) is 7.04. The smallest absolute Gasteiger partial charge is 0.401 e. The van der Waals surface area contributed by atoms with Crippen molar-refractivity contribution in [1.29, 1.82) is 0 Å². The maximum atomic E-state index is 12.0. The average Bonchev–Trinajstić information content (AvgIpc) is 2.40. The monoisotopic (exact) mass is 303 g/mol. The number of allylic oxidation sites excluding steroid dienone is 1. The summed E-state index contributed by atoms with van der Waals surface area (Å²) in [5.41, 5.74) is 0.895. The van der Waals surface area contributed by atoms with Gasteiger partial charge in [-0.15, -0.1) is 6.58 Å². The van der Waals surface area contributed by atoms with E-state index in [2.05, 4.69) is 11.9 Å². The zero-order valence-corrected chi connectivity index (χ0v) is 12.0. The van der Waals surface area contributed by atoms with E-state index in [1.165, 1.54) is 0 Å². The number of benzene rings is 1. The second kappa shape index (κ2) is 8.56. The molecule has 0 aliphatic carbocycles. The fraction of sp³-hybridized carbons (Fsp3) is 0.467. The molecule has 0 bridgehead atoms. The van der Waals surface area contributed by atoms with Crippen molar-refractivity contribution in [2.45, 2.75) is 19.5 Å². The van der Waals surface area contributed by atoms with Crippen molar-refractivity contribution >= 4 is 0 Å². The average molecular weight is 303 g/mol. The number of halogens is 3. The van der Waals surface area contributed by atoms with Crippen LogP contribution in [0.5, 0.6) is 11.5 Å². The zero-order valence-electron chi connectivity index (χ0n) is 12.0. The van der Waals surface area contributed by atoms with Crippen LogP contribution in [-0.2, 0) is 6.42 Å². The lowest BCUT2D eigenvalue weighted by atomic mass is 10.1. The number of rotatable bonds is 9. The van der Waals surface area contributed by atoms with Gasteiger partial charge in [-0.1, -0.05) is 6.08 Å². The Hall–Kier alpha value is -1.69. The lowest BCUT2D eigenvalue weighted by Gasteiger charge is -2.13. The Kier molecular flexibility index (Phi) is 7.08. The Labute approximate surface area is 122 Å². The van der Waals surface area contributed by atoms with Crippen LogP contribution in [0.3, 0.4) is 0 Å². The summed E-state index contributed by atoms with van der Waals surface area (Å²) in [6.45, 7) is 5.40. The third-order valence-corrected chi connectivity index (χ3v) is 2.57. The molecule has 0 saturated heterocycles. The summed E-state index contributed by atoms with van der Waals surface area (Å²) in [5, 5.41) is 2.28. The zero-order chi connectivity index (χ0) is 15.7. The number of hydrogen-bond acceptors (Lipinski definition) is 3. The van der Waals surface area contributed by atoms with E-state index in [9.17, 15) is 13.2 Å². The molecular weight excluding hydrogens is 283 g/mol. The first-order valence-electron chi connectivity index (χ1n) is 6.73. The minimum atomic E-state index is -4.20. The predicted molar refractivity (Wildman–Crippen MR) is 75.9 cm³/mol. The SMILES string of the molecule is C=CCc1cc(OCC)ccc1OCCNCC(F)(F)F. The molecule has 1 aromatic rings. The Bertz CT molecular complexity index is 447. The van der Waals surface area contributed by atoms with E-state index in [0.29, 0.717) is 18.8 Å². The van der Waals surface area contributed by atoms with Crippen molar-refractivity contribution in [1.82, 2.24) is 5.32 Å². The molecule has 6 heteroatoms. The Morgan fingerprint density at radius 2 is 2.05 bits per heavy atom.